The summed E-state index contributed by atoms with van der Waals surface area (Å²) in [4.78, 5) is 54.8. The molecule has 0 bridgehead atoms. The first kappa shape index (κ1) is 46.2. The summed E-state index contributed by atoms with van der Waals surface area (Å²) in [6.45, 7) is 7.34. The van der Waals surface area contributed by atoms with E-state index in [4.69, 9.17) is 19.4 Å². The number of carbonyl (C=O) groups excluding carboxylic acids is 3. The first-order valence-electron chi connectivity index (χ1n) is 21.8. The Kier molecular flexibility index (Phi) is 12.4. The van der Waals surface area contributed by atoms with Crippen molar-refractivity contribution in [3.63, 3.8) is 0 Å². The molecule has 4 heterocycles. The molecule has 4 aromatic rings. The predicted molar refractivity (Wildman–Crippen MR) is 237 cm³/mol. The van der Waals surface area contributed by atoms with Crippen LogP contribution in [0, 0.1) is 18.7 Å². The molecule has 3 N–H and O–H groups in total. The van der Waals surface area contributed by atoms with Crippen molar-refractivity contribution in [2.24, 2.45) is 5.92 Å². The molecular weight excluding hydrogens is 889 g/mol. The Hall–Kier alpha value is -5.30. The van der Waals surface area contributed by atoms with E-state index in [9.17, 15) is 40.4 Å². The lowest BCUT2D eigenvalue weighted by molar-refractivity contribution is -0.140. The number of benzene rings is 2. The molecule has 4 aliphatic rings. The number of thiazole rings is 1. The Balaban J connectivity index is 1.17. The molecule has 0 unspecified atom stereocenters. The van der Waals surface area contributed by atoms with Gasteiger partial charge in [0.25, 0.3) is 5.91 Å². The highest BCUT2D eigenvalue weighted by atomic mass is 32.2. The molecule has 3 amide bonds. The summed E-state index contributed by atoms with van der Waals surface area (Å²) in [5.74, 6) is -3.08. The van der Waals surface area contributed by atoms with E-state index in [0.29, 0.717) is 83.8 Å². The molecule has 2 saturated carbocycles. The van der Waals surface area contributed by atoms with Crippen LogP contribution in [0.1, 0.15) is 101 Å². The fraction of sp³-hybridized carbons (Fsp3) is 0.500. The minimum Gasteiger partial charge on any atom is -0.496 e. The highest BCUT2D eigenvalue weighted by Crippen LogP contribution is 2.48. The van der Waals surface area contributed by atoms with Crippen molar-refractivity contribution in [2.45, 2.75) is 126 Å². The maximum Gasteiger partial charge on any atom is 0.419 e. The molecule has 19 heteroatoms. The lowest BCUT2D eigenvalue weighted by Gasteiger charge is -2.30. The number of aromatic nitrogens is 2. The van der Waals surface area contributed by atoms with Gasteiger partial charge in [0.05, 0.1) is 35.2 Å². The van der Waals surface area contributed by atoms with Gasteiger partial charge in [0.15, 0.2) is 0 Å². The van der Waals surface area contributed by atoms with Crippen LogP contribution in [-0.2, 0) is 30.6 Å². The number of methoxy groups -OCH3 is 1. The number of alkyl halides is 3. The molecule has 0 radical (unpaired) electrons. The number of aryl methyl sites for hydroxylation is 1. The highest BCUT2D eigenvalue weighted by Gasteiger charge is 2.63. The molecular formula is C46H52F4N6O7S2. The van der Waals surface area contributed by atoms with Crippen LogP contribution in [0.15, 0.2) is 53.9 Å². The zero-order valence-electron chi connectivity index (χ0n) is 36.7. The number of halogens is 4. The summed E-state index contributed by atoms with van der Waals surface area (Å²) in [6.07, 6.45) is 1.19. The number of rotatable bonds is 10. The van der Waals surface area contributed by atoms with Gasteiger partial charge in [-0.05, 0) is 88.6 Å². The number of hydrogen-bond acceptors (Lipinski definition) is 11. The van der Waals surface area contributed by atoms with Gasteiger partial charge in [-0.2, -0.15) is 13.2 Å². The van der Waals surface area contributed by atoms with E-state index < -0.39 is 79.7 Å². The van der Waals surface area contributed by atoms with E-state index in [1.54, 1.807) is 38.3 Å². The molecule has 348 valence electrons. The Morgan fingerprint density at radius 1 is 1.06 bits per heavy atom. The number of sulfonamides is 1. The Morgan fingerprint density at radius 3 is 2.52 bits per heavy atom. The van der Waals surface area contributed by atoms with Gasteiger partial charge in [0, 0.05) is 40.4 Å². The van der Waals surface area contributed by atoms with Crippen LogP contribution in [0.25, 0.3) is 21.6 Å². The molecule has 65 heavy (non-hydrogen) atoms. The molecule has 5 atom stereocenters. The molecule has 2 aromatic carbocycles. The van der Waals surface area contributed by atoms with Crippen molar-refractivity contribution < 1.29 is 49.8 Å². The van der Waals surface area contributed by atoms with Gasteiger partial charge in [-0.15, -0.1) is 11.3 Å². The smallest absolute Gasteiger partial charge is 0.419 e. The van der Waals surface area contributed by atoms with Crippen molar-refractivity contribution in [3.8, 4) is 22.2 Å². The number of anilines is 1. The van der Waals surface area contributed by atoms with Gasteiger partial charge < -0.3 is 25.0 Å². The van der Waals surface area contributed by atoms with E-state index >= 15 is 0 Å². The maximum atomic E-state index is 14.9. The maximum absolute atomic E-state index is 14.9. The minimum atomic E-state index is -5.00. The average molecular weight is 941 g/mol. The number of pyridine rings is 1. The molecule has 3 fully saturated rings. The van der Waals surface area contributed by atoms with Gasteiger partial charge in [-0.1, -0.05) is 38.8 Å². The molecule has 2 aromatic heterocycles. The van der Waals surface area contributed by atoms with E-state index in [-0.39, 0.29) is 37.4 Å². The van der Waals surface area contributed by atoms with Crippen LogP contribution in [0.5, 0.6) is 11.5 Å². The van der Waals surface area contributed by atoms with Gasteiger partial charge in [-0.3, -0.25) is 19.1 Å². The average Bonchev–Trinajstić information content (AvgIpc) is 4.02. The number of ether oxygens (including phenoxy) is 2. The summed E-state index contributed by atoms with van der Waals surface area (Å²) >= 11 is 1.43. The molecule has 13 nitrogen and oxygen atoms in total. The monoisotopic (exact) mass is 940 g/mol. The third-order valence-electron chi connectivity index (χ3n) is 13.1. The number of carbonyl (C=O) groups is 3. The van der Waals surface area contributed by atoms with Crippen molar-refractivity contribution in [3.05, 3.63) is 76.6 Å². The van der Waals surface area contributed by atoms with Crippen LogP contribution < -0.4 is 24.8 Å². The van der Waals surface area contributed by atoms with Crippen LogP contribution in [0.2, 0.25) is 0 Å². The van der Waals surface area contributed by atoms with Gasteiger partial charge in [-0.25, -0.2) is 22.8 Å². The Bertz CT molecular complexity index is 2670. The fourth-order valence-electron chi connectivity index (χ4n) is 8.64. The SMILES string of the molecule is COc1ccc2c(O[C@@H]3C[C@H]4C(=O)N[C@]5(C(=O)NS(=O)(=O)C6(C)CC6)C[C@H]5/C=C\CCCCC[C@H](Nc5ccc(F)c(C(F)(F)F)c5)C(=O)N4C3)cc(-c3nc(C(C)C)cs3)nc2c1C. The fourth-order valence-corrected chi connectivity index (χ4v) is 10.9. The number of amides is 3. The van der Waals surface area contributed by atoms with Crippen LogP contribution in [-0.4, -0.2) is 83.1 Å². The molecule has 8 rings (SSSR count). The summed E-state index contributed by atoms with van der Waals surface area (Å²) < 4.78 is 96.0. The normalized spacial score (nSPS) is 25.2. The summed E-state index contributed by atoms with van der Waals surface area (Å²) in [5, 5.41) is 9.01. The van der Waals surface area contributed by atoms with Crippen molar-refractivity contribution in [1.82, 2.24) is 24.9 Å². The summed E-state index contributed by atoms with van der Waals surface area (Å²) in [7, 11) is -2.53. The minimum absolute atomic E-state index is 0.0727. The first-order valence-corrected chi connectivity index (χ1v) is 24.2. The number of fused-ring (bicyclic) bond motifs is 3. The largest absolute Gasteiger partial charge is 0.496 e. The highest BCUT2D eigenvalue weighted by molar-refractivity contribution is 7.91. The summed E-state index contributed by atoms with van der Waals surface area (Å²) in [5.41, 5.74) is -0.534. The lowest BCUT2D eigenvalue weighted by atomic mass is 10.0. The van der Waals surface area contributed by atoms with E-state index in [1.165, 1.54) is 16.2 Å². The third kappa shape index (κ3) is 9.27. The quantitative estimate of drug-likeness (QED) is 0.104. The number of nitrogens with zero attached hydrogens (tertiary/aromatic N) is 3. The van der Waals surface area contributed by atoms with Crippen LogP contribution in [0.4, 0.5) is 23.2 Å². The van der Waals surface area contributed by atoms with E-state index in [1.807, 2.05) is 32.2 Å². The lowest BCUT2D eigenvalue weighted by Crippen LogP contribution is -2.58. The van der Waals surface area contributed by atoms with Gasteiger partial charge in [0.2, 0.25) is 21.8 Å². The van der Waals surface area contributed by atoms with Crippen molar-refractivity contribution >= 4 is 55.7 Å². The van der Waals surface area contributed by atoms with E-state index in [2.05, 4.69) is 15.4 Å². The number of nitrogens with one attached hydrogen (secondary N) is 3. The molecule has 0 spiro atoms. The zero-order chi connectivity index (χ0) is 46.6. The second kappa shape index (κ2) is 17.5. The summed E-state index contributed by atoms with van der Waals surface area (Å²) in [6, 6.07) is 5.35. The molecule has 2 aliphatic heterocycles. The second-order valence-electron chi connectivity index (χ2n) is 18.1. The standard InChI is InChI=1S/C46H52F4N6O7S2/c1-25(2)35-24-64-41(53-35)34-21-38(30-14-16-37(62-5)26(3)39(30)52-34)63-29-20-36-40(57)54-45(43(59)55-65(60,61)44(4)17-18-44)22-27(45)11-9-7-6-8-10-12-33(42(58)56(36)23-29)51-28-13-15-32(47)31(19-28)46(48,49)50/h9,11,13-16,19,21,24-25,27,29,33,36,51H,6-8,10,12,17-18,20,22-23H2,1-5H3,(H,54,57)(H,55,59)/b11-9-/t27-,29-,33+,36+,45-/m1/s1. The second-order valence-corrected chi connectivity index (χ2v) is 21.2. The van der Waals surface area contributed by atoms with Gasteiger partial charge in [0.1, 0.15) is 51.7 Å². The van der Waals surface area contributed by atoms with E-state index in [0.717, 1.165) is 17.3 Å². The van der Waals surface area contributed by atoms with Crippen molar-refractivity contribution in [2.75, 3.05) is 19.0 Å². The first-order chi connectivity index (χ1) is 30.7. The zero-order valence-corrected chi connectivity index (χ0v) is 38.3. The Morgan fingerprint density at radius 2 is 1.83 bits per heavy atom. The van der Waals surface area contributed by atoms with Gasteiger partial charge >= 0.3 is 6.18 Å². The number of allylic oxidation sites excluding steroid dienone is 1. The third-order valence-corrected chi connectivity index (χ3v) is 16.1. The van der Waals surface area contributed by atoms with Crippen LogP contribution in [0.3, 0.4) is 0 Å². The van der Waals surface area contributed by atoms with Crippen molar-refractivity contribution in [1.29, 1.82) is 0 Å². The number of hydrogen-bond donors (Lipinski definition) is 3. The Labute approximate surface area is 378 Å². The van der Waals surface area contributed by atoms with Crippen LogP contribution >= 0.6 is 11.3 Å². The topological polar surface area (TPSA) is 169 Å². The predicted octanol–water partition coefficient (Wildman–Crippen LogP) is 8.18. The molecule has 1 saturated heterocycles. The molecule has 2 aliphatic carbocycles.